The Morgan fingerprint density at radius 1 is 1.29 bits per heavy atom. The molecule has 8 nitrogen and oxygen atoms in total. The molecule has 0 bridgehead atoms. The standard InChI is InChI=1S/C20H20F3N5O3/c1-11-5-6-16(29)28(25-11)10-17(30)27-7-3-4-13(9-27)15-8-14(20(21,22)23)18-12(2)26-31-19(18)24-15/h5-6,8,13H,3-4,7,9-10H2,1-2H3/t13-/m0/s1. The molecule has 0 spiro atoms. The number of likely N-dealkylation sites (tertiary alicyclic amines) is 1. The van der Waals surface area contributed by atoms with Crippen molar-refractivity contribution in [2.75, 3.05) is 13.1 Å². The van der Waals surface area contributed by atoms with E-state index in [4.69, 9.17) is 4.52 Å². The third-order valence-corrected chi connectivity index (χ3v) is 5.42. The van der Waals surface area contributed by atoms with Crippen LogP contribution in [0.2, 0.25) is 0 Å². The van der Waals surface area contributed by atoms with Crippen LogP contribution in [0.4, 0.5) is 13.2 Å². The van der Waals surface area contributed by atoms with E-state index in [9.17, 15) is 22.8 Å². The van der Waals surface area contributed by atoms with E-state index in [-0.39, 0.29) is 41.5 Å². The lowest BCUT2D eigenvalue weighted by atomic mass is 9.92. The summed E-state index contributed by atoms with van der Waals surface area (Å²) in [6.07, 6.45) is -3.41. The zero-order valence-corrected chi connectivity index (χ0v) is 16.9. The SMILES string of the molecule is Cc1ccc(=O)n(CC(=O)N2CCC[C@H](c3cc(C(F)(F)F)c4c(C)noc4n3)C2)n1. The van der Waals surface area contributed by atoms with Crippen LogP contribution in [0.3, 0.4) is 0 Å². The van der Waals surface area contributed by atoms with E-state index in [1.54, 1.807) is 13.0 Å². The second-order valence-corrected chi connectivity index (χ2v) is 7.69. The largest absolute Gasteiger partial charge is 0.417 e. The fraction of sp³-hybridized carbons (Fsp3) is 0.450. The normalized spacial score (nSPS) is 17.3. The molecule has 3 aromatic heterocycles. The molecule has 1 aliphatic heterocycles. The second-order valence-electron chi connectivity index (χ2n) is 7.69. The van der Waals surface area contributed by atoms with Crippen LogP contribution in [-0.2, 0) is 17.5 Å². The van der Waals surface area contributed by atoms with Crippen molar-refractivity contribution >= 4 is 17.0 Å². The van der Waals surface area contributed by atoms with Crippen molar-refractivity contribution in [1.82, 2.24) is 24.8 Å². The Hall–Kier alpha value is -3.24. The summed E-state index contributed by atoms with van der Waals surface area (Å²) in [7, 11) is 0. The molecule has 1 fully saturated rings. The summed E-state index contributed by atoms with van der Waals surface area (Å²) in [6, 6.07) is 3.93. The number of hydrogen-bond acceptors (Lipinski definition) is 6. The second kappa shape index (κ2) is 7.78. The number of piperidine rings is 1. The van der Waals surface area contributed by atoms with Crippen LogP contribution in [-0.4, -0.2) is 43.8 Å². The fourth-order valence-corrected chi connectivity index (χ4v) is 3.88. The van der Waals surface area contributed by atoms with Crippen LogP contribution in [0.15, 0.2) is 27.5 Å². The lowest BCUT2D eigenvalue weighted by Crippen LogP contribution is -2.42. The van der Waals surface area contributed by atoms with E-state index in [0.29, 0.717) is 25.1 Å². The van der Waals surface area contributed by atoms with Gasteiger partial charge in [-0.05, 0) is 38.8 Å². The molecule has 4 rings (SSSR count). The highest BCUT2D eigenvalue weighted by Gasteiger charge is 2.37. The van der Waals surface area contributed by atoms with E-state index < -0.39 is 23.2 Å². The first-order valence-electron chi connectivity index (χ1n) is 9.80. The highest BCUT2D eigenvalue weighted by Crippen LogP contribution is 2.38. The Morgan fingerprint density at radius 3 is 2.81 bits per heavy atom. The molecule has 0 aromatic carbocycles. The first-order chi connectivity index (χ1) is 14.6. The number of hydrogen-bond donors (Lipinski definition) is 0. The van der Waals surface area contributed by atoms with Crippen LogP contribution in [0.5, 0.6) is 0 Å². The number of aromatic nitrogens is 4. The van der Waals surface area contributed by atoms with Gasteiger partial charge in [0.2, 0.25) is 5.91 Å². The topological polar surface area (TPSA) is 94.1 Å². The maximum atomic E-state index is 13.6. The van der Waals surface area contributed by atoms with Gasteiger partial charge in [-0.1, -0.05) is 5.16 Å². The third kappa shape index (κ3) is 4.17. The number of aryl methyl sites for hydroxylation is 2. The van der Waals surface area contributed by atoms with Crippen molar-refractivity contribution in [2.45, 2.75) is 45.3 Å². The summed E-state index contributed by atoms with van der Waals surface area (Å²) >= 11 is 0. The van der Waals surface area contributed by atoms with Crippen molar-refractivity contribution < 1.29 is 22.5 Å². The number of pyridine rings is 1. The summed E-state index contributed by atoms with van der Waals surface area (Å²) < 4.78 is 47.0. The Bertz CT molecular complexity index is 1200. The average molecular weight is 435 g/mol. The van der Waals surface area contributed by atoms with Gasteiger partial charge < -0.3 is 9.42 Å². The third-order valence-electron chi connectivity index (χ3n) is 5.42. The highest BCUT2D eigenvalue weighted by molar-refractivity contribution is 5.81. The van der Waals surface area contributed by atoms with Gasteiger partial charge in [0, 0.05) is 25.1 Å². The summed E-state index contributed by atoms with van der Waals surface area (Å²) in [6.45, 7) is 3.57. The maximum Gasteiger partial charge on any atom is 0.417 e. The quantitative estimate of drug-likeness (QED) is 0.628. The molecular weight excluding hydrogens is 415 g/mol. The van der Waals surface area contributed by atoms with Crippen LogP contribution in [0.1, 0.15) is 41.4 Å². The first kappa shape index (κ1) is 21.0. The predicted octanol–water partition coefficient (Wildman–Crippen LogP) is 2.82. The number of amides is 1. The van der Waals surface area contributed by atoms with Gasteiger partial charge in [-0.3, -0.25) is 9.59 Å². The van der Waals surface area contributed by atoms with E-state index in [0.717, 1.165) is 10.7 Å². The number of nitrogens with zero attached hydrogens (tertiary/aromatic N) is 5. The Balaban J connectivity index is 1.60. The Labute approximate surface area is 174 Å². The molecule has 0 unspecified atom stereocenters. The molecule has 0 aliphatic carbocycles. The van der Waals surface area contributed by atoms with E-state index in [2.05, 4.69) is 15.2 Å². The molecule has 4 heterocycles. The van der Waals surface area contributed by atoms with E-state index in [1.807, 2.05) is 0 Å². The minimum absolute atomic E-state index is 0.123. The molecule has 31 heavy (non-hydrogen) atoms. The fourth-order valence-electron chi connectivity index (χ4n) is 3.88. The first-order valence-corrected chi connectivity index (χ1v) is 9.80. The highest BCUT2D eigenvalue weighted by atomic mass is 19.4. The molecule has 1 amide bonds. The molecule has 1 aliphatic rings. The molecule has 3 aromatic rings. The van der Waals surface area contributed by atoms with Gasteiger partial charge in [0.15, 0.2) is 0 Å². The van der Waals surface area contributed by atoms with Gasteiger partial charge in [0.1, 0.15) is 6.54 Å². The lowest BCUT2D eigenvalue weighted by molar-refractivity contribution is -0.136. The molecule has 0 N–H and O–H groups in total. The van der Waals surface area contributed by atoms with Crippen molar-refractivity contribution in [2.24, 2.45) is 0 Å². The molecule has 0 saturated carbocycles. The monoisotopic (exact) mass is 435 g/mol. The van der Waals surface area contributed by atoms with Crippen molar-refractivity contribution in [3.05, 3.63) is 51.2 Å². The number of carbonyl (C=O) groups excluding carboxylic acids is 1. The number of rotatable bonds is 3. The zero-order chi connectivity index (χ0) is 22.3. The van der Waals surface area contributed by atoms with Crippen molar-refractivity contribution in [1.29, 1.82) is 0 Å². The predicted molar refractivity (Wildman–Crippen MR) is 103 cm³/mol. The Morgan fingerprint density at radius 2 is 2.06 bits per heavy atom. The number of fused-ring (bicyclic) bond motifs is 1. The van der Waals surface area contributed by atoms with Crippen LogP contribution >= 0.6 is 0 Å². The van der Waals surface area contributed by atoms with Crippen LogP contribution in [0, 0.1) is 13.8 Å². The maximum absolute atomic E-state index is 13.6. The van der Waals surface area contributed by atoms with Crippen molar-refractivity contribution in [3.8, 4) is 0 Å². The van der Waals surface area contributed by atoms with Gasteiger partial charge >= 0.3 is 6.18 Å². The number of alkyl halides is 3. The molecule has 1 atom stereocenters. The average Bonchev–Trinajstić information content (AvgIpc) is 3.10. The molecule has 11 heteroatoms. The zero-order valence-electron chi connectivity index (χ0n) is 16.9. The summed E-state index contributed by atoms with van der Waals surface area (Å²) in [5.74, 6) is -0.715. The van der Waals surface area contributed by atoms with Gasteiger partial charge in [-0.25, -0.2) is 9.67 Å². The molecular formula is C20H20F3N5O3. The molecule has 1 saturated heterocycles. The summed E-state index contributed by atoms with van der Waals surface area (Å²) in [5.41, 5.74) is -0.470. The smallest absolute Gasteiger partial charge is 0.340 e. The number of carbonyl (C=O) groups is 1. The Kier molecular flexibility index (Phi) is 5.28. The van der Waals surface area contributed by atoms with Crippen LogP contribution in [0.25, 0.3) is 11.1 Å². The molecule has 164 valence electrons. The van der Waals surface area contributed by atoms with Gasteiger partial charge in [0.25, 0.3) is 11.3 Å². The number of halogens is 3. The van der Waals surface area contributed by atoms with E-state index >= 15 is 0 Å². The van der Waals surface area contributed by atoms with E-state index in [1.165, 1.54) is 17.9 Å². The minimum atomic E-state index is -4.59. The van der Waals surface area contributed by atoms with Crippen LogP contribution < -0.4 is 5.56 Å². The minimum Gasteiger partial charge on any atom is -0.340 e. The lowest BCUT2D eigenvalue weighted by Gasteiger charge is -2.32. The molecule has 0 radical (unpaired) electrons. The van der Waals surface area contributed by atoms with Crippen molar-refractivity contribution in [3.63, 3.8) is 0 Å². The van der Waals surface area contributed by atoms with Gasteiger partial charge in [-0.15, -0.1) is 0 Å². The van der Waals surface area contributed by atoms with Gasteiger partial charge in [-0.2, -0.15) is 18.3 Å². The summed E-state index contributed by atoms with van der Waals surface area (Å²) in [5, 5.41) is 7.53. The van der Waals surface area contributed by atoms with Gasteiger partial charge in [0.05, 0.1) is 28.0 Å². The summed E-state index contributed by atoms with van der Waals surface area (Å²) in [4.78, 5) is 30.5.